The average Bonchev–Trinajstić information content (AvgIpc) is 3.04. The van der Waals surface area contributed by atoms with Crippen LogP contribution in [0.25, 0.3) is 11.1 Å². The number of sulfone groups is 1. The Balaban J connectivity index is 1.66. The zero-order valence-electron chi connectivity index (χ0n) is 19.2. The van der Waals surface area contributed by atoms with Gasteiger partial charge in [-0.1, -0.05) is 30.8 Å². The second-order valence-electron chi connectivity index (χ2n) is 8.04. The lowest BCUT2D eigenvalue weighted by molar-refractivity contribution is -0.00744. The summed E-state index contributed by atoms with van der Waals surface area (Å²) in [7, 11) is -3.72. The second-order valence-corrected chi connectivity index (χ2v) is 10.8. The molecule has 1 atom stereocenters. The molecule has 0 amide bonds. The highest BCUT2D eigenvalue weighted by Gasteiger charge is 2.27. The van der Waals surface area contributed by atoms with Gasteiger partial charge in [0.2, 0.25) is 0 Å². The van der Waals surface area contributed by atoms with Crippen LogP contribution in [0.2, 0.25) is 0 Å². The molecule has 0 aliphatic carbocycles. The number of benzene rings is 2. The minimum Gasteiger partial charge on any atom is -0.492 e. The zero-order chi connectivity index (χ0) is 24.5. The quantitative estimate of drug-likeness (QED) is 0.401. The van der Waals surface area contributed by atoms with Crippen molar-refractivity contribution in [3.8, 4) is 16.9 Å². The molecule has 1 aromatic heterocycles. The SMILES string of the molecule is CCc1c(C(O)N2CCOc3ccc(-c4cnc(SC)nc4)cc3C2)ccc(S(C)(=O)=O)c1F. The molecule has 180 valence electrons. The summed E-state index contributed by atoms with van der Waals surface area (Å²) in [6, 6.07) is 8.53. The van der Waals surface area contributed by atoms with E-state index in [9.17, 15) is 13.5 Å². The molecule has 1 aliphatic rings. The van der Waals surface area contributed by atoms with Gasteiger partial charge in [0.25, 0.3) is 0 Å². The normalized spacial score (nSPS) is 15.3. The summed E-state index contributed by atoms with van der Waals surface area (Å²) in [4.78, 5) is 10.1. The zero-order valence-corrected chi connectivity index (χ0v) is 20.8. The van der Waals surface area contributed by atoms with Crippen LogP contribution in [0, 0.1) is 5.82 Å². The van der Waals surface area contributed by atoms with E-state index in [2.05, 4.69) is 9.97 Å². The van der Waals surface area contributed by atoms with Crippen LogP contribution < -0.4 is 4.74 Å². The molecule has 2 heterocycles. The van der Waals surface area contributed by atoms with E-state index in [0.717, 1.165) is 28.7 Å². The fourth-order valence-electron chi connectivity index (χ4n) is 4.07. The van der Waals surface area contributed by atoms with Gasteiger partial charge in [0, 0.05) is 48.4 Å². The first-order valence-corrected chi connectivity index (χ1v) is 13.9. The number of rotatable bonds is 6. The molecule has 1 aliphatic heterocycles. The number of fused-ring (bicyclic) bond motifs is 1. The van der Waals surface area contributed by atoms with Crippen molar-refractivity contribution in [2.45, 2.75) is 36.2 Å². The minimum atomic E-state index is -3.72. The molecule has 4 rings (SSSR count). The smallest absolute Gasteiger partial charge is 0.187 e. The lowest BCUT2D eigenvalue weighted by Gasteiger charge is -2.28. The topological polar surface area (TPSA) is 92.6 Å². The third kappa shape index (κ3) is 4.95. The largest absolute Gasteiger partial charge is 0.492 e. The van der Waals surface area contributed by atoms with Gasteiger partial charge in [0.05, 0.1) is 0 Å². The van der Waals surface area contributed by atoms with Gasteiger partial charge < -0.3 is 9.84 Å². The molecule has 1 N–H and O–H groups in total. The van der Waals surface area contributed by atoms with Gasteiger partial charge in [0.15, 0.2) is 15.0 Å². The van der Waals surface area contributed by atoms with Gasteiger partial charge in [0.1, 0.15) is 29.3 Å². The van der Waals surface area contributed by atoms with Crippen LogP contribution in [0.1, 0.15) is 29.8 Å². The summed E-state index contributed by atoms with van der Waals surface area (Å²) in [5, 5.41) is 11.9. The van der Waals surface area contributed by atoms with Crippen LogP contribution in [0.4, 0.5) is 4.39 Å². The van der Waals surface area contributed by atoms with Crippen LogP contribution >= 0.6 is 11.8 Å². The van der Waals surface area contributed by atoms with E-state index in [-0.39, 0.29) is 16.9 Å². The Hall–Kier alpha value is -2.53. The highest BCUT2D eigenvalue weighted by atomic mass is 32.2. The third-order valence-corrected chi connectivity index (χ3v) is 7.53. The van der Waals surface area contributed by atoms with Gasteiger partial charge in [-0.05, 0) is 42.0 Å². The highest BCUT2D eigenvalue weighted by molar-refractivity contribution is 7.98. The summed E-state index contributed by atoms with van der Waals surface area (Å²) in [5.41, 5.74) is 3.20. The Morgan fingerprint density at radius 1 is 1.21 bits per heavy atom. The van der Waals surface area contributed by atoms with Crippen molar-refractivity contribution in [3.63, 3.8) is 0 Å². The van der Waals surface area contributed by atoms with Crippen molar-refractivity contribution in [2.75, 3.05) is 25.7 Å². The maximum Gasteiger partial charge on any atom is 0.187 e. The Morgan fingerprint density at radius 3 is 2.59 bits per heavy atom. The first-order valence-electron chi connectivity index (χ1n) is 10.8. The van der Waals surface area contributed by atoms with Gasteiger partial charge in [-0.3, -0.25) is 4.90 Å². The number of hydrogen-bond acceptors (Lipinski definition) is 8. The third-order valence-electron chi connectivity index (χ3n) is 5.84. The number of thioether (sulfide) groups is 1. The number of aromatic nitrogens is 2. The van der Waals surface area contributed by atoms with Crippen molar-refractivity contribution in [1.29, 1.82) is 0 Å². The summed E-state index contributed by atoms with van der Waals surface area (Å²) < 4.78 is 44.8. The minimum absolute atomic E-state index is 0.195. The van der Waals surface area contributed by atoms with Crippen molar-refractivity contribution in [3.05, 3.63) is 65.2 Å². The number of ether oxygens (including phenoxy) is 1. The van der Waals surface area contributed by atoms with Crippen molar-refractivity contribution < 1.29 is 22.7 Å². The lowest BCUT2D eigenvalue weighted by atomic mass is 10.0. The van der Waals surface area contributed by atoms with Gasteiger partial charge in [-0.2, -0.15) is 0 Å². The van der Waals surface area contributed by atoms with Gasteiger partial charge in [-0.25, -0.2) is 22.8 Å². The molecule has 0 saturated carbocycles. The van der Waals surface area contributed by atoms with Gasteiger partial charge in [-0.15, -0.1) is 0 Å². The number of aliphatic hydroxyl groups is 1. The lowest BCUT2D eigenvalue weighted by Crippen LogP contribution is -2.31. The Kier molecular flexibility index (Phi) is 7.22. The summed E-state index contributed by atoms with van der Waals surface area (Å²) >= 11 is 1.47. The fourth-order valence-corrected chi connectivity index (χ4v) is 5.15. The number of nitrogens with zero attached hydrogens (tertiary/aromatic N) is 3. The monoisotopic (exact) mass is 503 g/mol. The van der Waals surface area contributed by atoms with Crippen molar-refractivity contribution in [2.24, 2.45) is 0 Å². The van der Waals surface area contributed by atoms with E-state index in [4.69, 9.17) is 4.74 Å². The van der Waals surface area contributed by atoms with Crippen molar-refractivity contribution in [1.82, 2.24) is 14.9 Å². The maximum absolute atomic E-state index is 15.0. The van der Waals surface area contributed by atoms with E-state index in [1.54, 1.807) is 24.2 Å². The molecule has 0 bridgehead atoms. The van der Waals surface area contributed by atoms with E-state index in [1.165, 1.54) is 23.9 Å². The summed E-state index contributed by atoms with van der Waals surface area (Å²) in [6.45, 7) is 2.86. The van der Waals surface area contributed by atoms with E-state index >= 15 is 4.39 Å². The first kappa shape index (κ1) is 24.6. The average molecular weight is 504 g/mol. The molecule has 0 saturated heterocycles. The fraction of sp³-hybridized carbons (Fsp3) is 0.333. The number of halogens is 1. The van der Waals surface area contributed by atoms with Crippen LogP contribution in [-0.4, -0.2) is 54.1 Å². The molecule has 7 nitrogen and oxygen atoms in total. The summed E-state index contributed by atoms with van der Waals surface area (Å²) in [6.07, 6.45) is 5.55. The molecule has 10 heteroatoms. The summed E-state index contributed by atoms with van der Waals surface area (Å²) in [5.74, 6) is -0.0848. The first-order chi connectivity index (χ1) is 16.2. The molecule has 34 heavy (non-hydrogen) atoms. The Morgan fingerprint density at radius 2 is 1.94 bits per heavy atom. The maximum atomic E-state index is 15.0. The molecule has 0 spiro atoms. The predicted octanol–water partition coefficient (Wildman–Crippen LogP) is 3.86. The van der Waals surface area contributed by atoms with Crippen molar-refractivity contribution >= 4 is 21.6 Å². The Labute approximate surface area is 202 Å². The van der Waals surface area contributed by atoms with Crippen LogP contribution in [0.15, 0.2) is 52.8 Å². The van der Waals surface area contributed by atoms with Crippen LogP contribution in [0.5, 0.6) is 5.75 Å². The molecule has 1 unspecified atom stereocenters. The number of aliphatic hydroxyl groups excluding tert-OH is 1. The second kappa shape index (κ2) is 9.99. The predicted molar refractivity (Wildman–Crippen MR) is 129 cm³/mol. The molecular formula is C24H26FN3O4S2. The molecule has 3 aromatic rings. The van der Waals surface area contributed by atoms with E-state index in [1.807, 2.05) is 24.5 Å². The van der Waals surface area contributed by atoms with E-state index in [0.29, 0.717) is 30.4 Å². The number of hydrogen-bond donors (Lipinski definition) is 1. The highest BCUT2D eigenvalue weighted by Crippen LogP contribution is 2.34. The Bertz CT molecular complexity index is 1300. The molecule has 0 radical (unpaired) electrons. The van der Waals surface area contributed by atoms with E-state index < -0.39 is 21.9 Å². The van der Waals surface area contributed by atoms with Crippen LogP contribution in [0.3, 0.4) is 0 Å². The van der Waals surface area contributed by atoms with Crippen LogP contribution in [-0.2, 0) is 22.8 Å². The molecule has 2 aromatic carbocycles. The molecule has 0 fully saturated rings. The van der Waals surface area contributed by atoms with Gasteiger partial charge >= 0.3 is 0 Å². The standard InChI is InChI=1S/C24H26FN3O4S2/c1-4-18-19(6-8-21(22(18)25)34(3,30)31)23(29)28-9-10-32-20-7-5-15(11-16(20)14-28)17-12-26-24(33-2)27-13-17/h5-8,11-13,23,29H,4,9-10,14H2,1-3H3. The molecular weight excluding hydrogens is 477 g/mol.